The van der Waals surface area contributed by atoms with Crippen molar-refractivity contribution in [3.05, 3.63) is 75.1 Å². The van der Waals surface area contributed by atoms with E-state index in [0.29, 0.717) is 46.4 Å². The van der Waals surface area contributed by atoms with E-state index in [2.05, 4.69) is 10.2 Å². The Hall–Kier alpha value is -3.72. The number of ether oxygens (including phenoxy) is 2. The first-order chi connectivity index (χ1) is 16.1. The Morgan fingerprint density at radius 3 is 2.70 bits per heavy atom. The summed E-state index contributed by atoms with van der Waals surface area (Å²) in [5.74, 6) is 0.744. The van der Waals surface area contributed by atoms with E-state index in [0.717, 1.165) is 6.42 Å². The monoisotopic (exact) mass is 463 g/mol. The molecule has 0 aliphatic carbocycles. The van der Waals surface area contributed by atoms with Crippen molar-refractivity contribution in [3.8, 4) is 11.5 Å². The summed E-state index contributed by atoms with van der Waals surface area (Å²) >= 11 is 1.22. The quantitative estimate of drug-likeness (QED) is 0.396. The van der Waals surface area contributed by atoms with E-state index in [4.69, 9.17) is 13.9 Å². The number of carbonyl (C=O) groups is 1. The van der Waals surface area contributed by atoms with E-state index in [1.807, 2.05) is 26.0 Å². The zero-order valence-corrected chi connectivity index (χ0v) is 18.9. The first-order valence-electron chi connectivity index (χ1n) is 10.7. The fourth-order valence-corrected chi connectivity index (χ4v) is 4.58. The molecule has 0 saturated heterocycles. The summed E-state index contributed by atoms with van der Waals surface area (Å²) in [7, 11) is 0. The Balaban J connectivity index is 1.73. The van der Waals surface area contributed by atoms with Crippen molar-refractivity contribution in [2.75, 3.05) is 18.1 Å². The minimum atomic E-state index is -0.735. The zero-order chi connectivity index (χ0) is 22.9. The molecule has 33 heavy (non-hydrogen) atoms. The molecule has 4 aromatic rings. The van der Waals surface area contributed by atoms with E-state index in [1.54, 1.807) is 35.8 Å². The number of carbonyl (C=O) groups excluding carboxylic acids is 1. The van der Waals surface area contributed by atoms with Crippen LogP contribution in [0.5, 0.6) is 11.5 Å². The van der Waals surface area contributed by atoms with Crippen LogP contribution < -0.4 is 19.8 Å². The summed E-state index contributed by atoms with van der Waals surface area (Å²) in [5, 5.41) is 8.78. The van der Waals surface area contributed by atoms with E-state index in [-0.39, 0.29) is 16.8 Å². The van der Waals surface area contributed by atoms with Crippen LogP contribution in [0, 0.1) is 0 Å². The van der Waals surface area contributed by atoms with Crippen LogP contribution in [0.2, 0.25) is 0 Å². The highest BCUT2D eigenvalue weighted by molar-refractivity contribution is 7.13. The van der Waals surface area contributed by atoms with E-state index >= 15 is 0 Å². The molecule has 168 valence electrons. The van der Waals surface area contributed by atoms with Gasteiger partial charge in [-0.3, -0.25) is 14.5 Å². The SMILES string of the molecule is CCCOc1ccc([C@@H]2c3c(oc4ccccc4c3=O)C(=O)N2c2nncs2)cc1OCC. The lowest BCUT2D eigenvalue weighted by molar-refractivity contribution is 0.0970. The van der Waals surface area contributed by atoms with Crippen LogP contribution in [-0.4, -0.2) is 29.3 Å². The second kappa shape index (κ2) is 8.67. The maximum Gasteiger partial charge on any atom is 0.297 e. The molecule has 3 heterocycles. The lowest BCUT2D eigenvalue weighted by atomic mass is 9.98. The van der Waals surface area contributed by atoms with Crippen LogP contribution in [-0.2, 0) is 0 Å². The van der Waals surface area contributed by atoms with E-state index < -0.39 is 11.9 Å². The van der Waals surface area contributed by atoms with Gasteiger partial charge in [-0.05, 0) is 43.2 Å². The lowest BCUT2D eigenvalue weighted by Crippen LogP contribution is -2.29. The molecule has 1 atom stereocenters. The third-order valence-electron chi connectivity index (χ3n) is 5.38. The molecule has 0 unspecified atom stereocenters. The summed E-state index contributed by atoms with van der Waals surface area (Å²) in [4.78, 5) is 28.5. The fraction of sp³-hybridized carbons (Fsp3) is 0.250. The molecule has 0 fully saturated rings. The number of nitrogens with zero attached hydrogens (tertiary/aromatic N) is 3. The van der Waals surface area contributed by atoms with Crippen LogP contribution in [0.25, 0.3) is 11.0 Å². The fourth-order valence-electron chi connectivity index (χ4n) is 4.00. The van der Waals surface area contributed by atoms with Crippen molar-refractivity contribution in [1.82, 2.24) is 10.2 Å². The Morgan fingerprint density at radius 1 is 1.09 bits per heavy atom. The first kappa shape index (κ1) is 21.1. The number of benzene rings is 2. The summed E-state index contributed by atoms with van der Waals surface area (Å²) in [6, 6.07) is 11.6. The van der Waals surface area contributed by atoms with Gasteiger partial charge >= 0.3 is 0 Å². The van der Waals surface area contributed by atoms with E-state index in [9.17, 15) is 9.59 Å². The lowest BCUT2D eigenvalue weighted by Gasteiger charge is -2.23. The van der Waals surface area contributed by atoms with Gasteiger partial charge in [-0.15, -0.1) is 10.2 Å². The van der Waals surface area contributed by atoms with Crippen molar-refractivity contribution in [2.24, 2.45) is 0 Å². The molecule has 0 N–H and O–H groups in total. The molecule has 1 aliphatic heterocycles. The molecule has 0 bridgehead atoms. The van der Waals surface area contributed by atoms with Crippen LogP contribution in [0.3, 0.4) is 0 Å². The summed E-state index contributed by atoms with van der Waals surface area (Å²) in [6.07, 6.45) is 0.858. The average Bonchev–Trinajstić information content (AvgIpc) is 3.45. The molecule has 0 spiro atoms. The Morgan fingerprint density at radius 2 is 1.94 bits per heavy atom. The molecular weight excluding hydrogens is 442 g/mol. The highest BCUT2D eigenvalue weighted by Crippen LogP contribution is 2.43. The maximum atomic E-state index is 13.6. The van der Waals surface area contributed by atoms with Crippen molar-refractivity contribution in [3.63, 3.8) is 0 Å². The Bertz CT molecular complexity index is 1380. The molecule has 2 aromatic carbocycles. The average molecular weight is 464 g/mol. The van der Waals surface area contributed by atoms with Gasteiger partial charge in [-0.2, -0.15) is 0 Å². The van der Waals surface area contributed by atoms with Crippen molar-refractivity contribution < 1.29 is 18.7 Å². The van der Waals surface area contributed by atoms with Crippen LogP contribution in [0.4, 0.5) is 5.13 Å². The largest absolute Gasteiger partial charge is 0.490 e. The van der Waals surface area contributed by atoms with Crippen molar-refractivity contribution in [1.29, 1.82) is 0 Å². The maximum absolute atomic E-state index is 13.6. The van der Waals surface area contributed by atoms with E-state index in [1.165, 1.54) is 16.2 Å². The Labute approximate surface area is 193 Å². The molecule has 5 rings (SSSR count). The molecule has 2 aromatic heterocycles. The van der Waals surface area contributed by atoms with Crippen molar-refractivity contribution in [2.45, 2.75) is 26.3 Å². The van der Waals surface area contributed by atoms with Crippen LogP contribution in [0.1, 0.15) is 48.0 Å². The minimum absolute atomic E-state index is 0.0168. The van der Waals surface area contributed by atoms with Gasteiger partial charge < -0.3 is 13.9 Å². The smallest absolute Gasteiger partial charge is 0.297 e. The molecule has 8 nitrogen and oxygen atoms in total. The van der Waals surface area contributed by atoms with Gasteiger partial charge in [0.05, 0.1) is 30.2 Å². The van der Waals surface area contributed by atoms with Gasteiger partial charge in [-0.1, -0.05) is 36.5 Å². The van der Waals surface area contributed by atoms with Gasteiger partial charge in [0.15, 0.2) is 16.9 Å². The number of amides is 1. The van der Waals surface area contributed by atoms with Gasteiger partial charge in [-0.25, -0.2) is 0 Å². The third kappa shape index (κ3) is 3.54. The summed E-state index contributed by atoms with van der Waals surface area (Å²) in [5.41, 5.74) is 2.62. The van der Waals surface area contributed by atoms with Gasteiger partial charge in [0.25, 0.3) is 5.91 Å². The molecular formula is C24H21N3O5S. The van der Waals surface area contributed by atoms with Gasteiger partial charge in [0.2, 0.25) is 10.9 Å². The van der Waals surface area contributed by atoms with Crippen LogP contribution in [0.15, 0.2) is 57.2 Å². The molecule has 1 amide bonds. The predicted octanol–water partition coefficient (Wildman–Crippen LogP) is 4.58. The molecule has 0 saturated carbocycles. The standard InChI is InChI=1S/C24H21N3O5S/c1-3-11-31-17-10-9-14(12-18(17)30-4-2)20-19-21(28)15-7-5-6-8-16(15)32-22(19)23(29)27(20)24-26-25-13-33-24/h5-10,12-13,20H,3-4,11H2,1-2H3/t20-/m1/s1. The number of fused-ring (bicyclic) bond motifs is 2. The second-order valence-electron chi connectivity index (χ2n) is 7.46. The highest BCUT2D eigenvalue weighted by Gasteiger charge is 2.45. The number of aromatic nitrogens is 2. The number of hydrogen-bond donors (Lipinski definition) is 0. The highest BCUT2D eigenvalue weighted by atomic mass is 32.1. The molecule has 9 heteroatoms. The zero-order valence-electron chi connectivity index (χ0n) is 18.1. The molecule has 0 radical (unpaired) electrons. The second-order valence-corrected chi connectivity index (χ2v) is 8.27. The van der Waals surface area contributed by atoms with Crippen LogP contribution >= 0.6 is 11.3 Å². The molecule has 1 aliphatic rings. The normalized spacial score (nSPS) is 15.2. The minimum Gasteiger partial charge on any atom is -0.490 e. The number of hydrogen-bond acceptors (Lipinski definition) is 8. The number of rotatable bonds is 7. The van der Waals surface area contributed by atoms with Gasteiger partial charge in [0.1, 0.15) is 11.1 Å². The van der Waals surface area contributed by atoms with Gasteiger partial charge in [0, 0.05) is 0 Å². The number of anilines is 1. The topological polar surface area (TPSA) is 94.8 Å². The first-order valence-corrected chi connectivity index (χ1v) is 11.6. The number of para-hydroxylation sites is 1. The Kier molecular flexibility index (Phi) is 5.55. The third-order valence-corrected chi connectivity index (χ3v) is 6.07. The summed E-state index contributed by atoms with van der Waals surface area (Å²) < 4.78 is 17.6. The summed E-state index contributed by atoms with van der Waals surface area (Å²) in [6.45, 7) is 4.91. The predicted molar refractivity (Wildman–Crippen MR) is 124 cm³/mol. The van der Waals surface area contributed by atoms with Crippen molar-refractivity contribution >= 4 is 33.3 Å².